The third kappa shape index (κ3) is 4.48. The number of anilines is 1. The molecule has 2 unspecified atom stereocenters. The largest absolute Gasteiger partial charge is 0.507 e. The number of ether oxygens (including phenoxy) is 3. The van der Waals surface area contributed by atoms with E-state index < -0.39 is 22.6 Å². The number of hydrogen-bond donors (Lipinski definition) is 1. The van der Waals surface area contributed by atoms with Crippen molar-refractivity contribution in [2.75, 3.05) is 51.9 Å². The van der Waals surface area contributed by atoms with E-state index >= 15 is 0 Å². The van der Waals surface area contributed by atoms with E-state index in [1.807, 2.05) is 4.90 Å². The van der Waals surface area contributed by atoms with Gasteiger partial charge in [-0.1, -0.05) is 6.07 Å². The molecule has 4 rings (SSSR count). The number of fused-ring (bicyclic) bond motifs is 1. The van der Waals surface area contributed by atoms with Gasteiger partial charge in [0.15, 0.2) is 11.4 Å². The van der Waals surface area contributed by atoms with Crippen molar-refractivity contribution in [2.24, 2.45) is 5.41 Å². The Balaban J connectivity index is 1.76. The van der Waals surface area contributed by atoms with Gasteiger partial charge in [-0.25, -0.2) is 4.39 Å². The van der Waals surface area contributed by atoms with Crippen LogP contribution < -0.4 is 14.4 Å². The Morgan fingerprint density at radius 1 is 1.22 bits per heavy atom. The summed E-state index contributed by atoms with van der Waals surface area (Å²) < 4.78 is 32.0. The number of morpholine rings is 1. The van der Waals surface area contributed by atoms with Gasteiger partial charge in [0, 0.05) is 57.0 Å². The average molecular weight is 501 g/mol. The van der Waals surface area contributed by atoms with Crippen LogP contribution in [0.5, 0.6) is 17.2 Å². The molecule has 2 aliphatic heterocycles. The molecule has 36 heavy (non-hydrogen) atoms. The maximum atomic E-state index is 14.1. The number of carbonyl (C=O) groups is 2. The standard InChI is InChI=1S/C27H33FN2O6/c1-17-19(28)7-6-8-21(17)35-16-27(3)26(2,15-23(32)29(4)5)25(33)24-20(31)13-18(14-22(24)36-27)30-9-11-34-12-10-30/h6-8,13-14,31H,9-12,15-16H2,1-5H3. The lowest BCUT2D eigenvalue weighted by Gasteiger charge is -2.48. The molecule has 2 aromatic rings. The number of phenolic OH excluding ortho intramolecular Hbond substituents is 1. The normalized spacial score (nSPS) is 23.6. The number of Topliss-reactive ketones (excluding diaryl/α,β-unsaturated/α-hetero) is 1. The molecular formula is C27H33FN2O6. The first kappa shape index (κ1) is 25.8. The zero-order valence-corrected chi connectivity index (χ0v) is 21.4. The van der Waals surface area contributed by atoms with E-state index in [0.717, 1.165) is 0 Å². The fourth-order valence-corrected chi connectivity index (χ4v) is 4.65. The van der Waals surface area contributed by atoms with Crippen LogP contribution in [-0.4, -0.2) is 74.3 Å². The highest BCUT2D eigenvalue weighted by Crippen LogP contribution is 2.51. The van der Waals surface area contributed by atoms with Gasteiger partial charge in [0.2, 0.25) is 5.91 Å². The van der Waals surface area contributed by atoms with Crippen LogP contribution in [0.2, 0.25) is 0 Å². The molecule has 9 heteroatoms. The van der Waals surface area contributed by atoms with Crippen LogP contribution in [0.3, 0.4) is 0 Å². The number of carbonyl (C=O) groups excluding carboxylic acids is 2. The van der Waals surface area contributed by atoms with E-state index in [1.165, 1.54) is 11.0 Å². The summed E-state index contributed by atoms with van der Waals surface area (Å²) in [5.41, 5.74) is -1.60. The maximum absolute atomic E-state index is 14.1. The second-order valence-corrected chi connectivity index (χ2v) is 10.0. The molecule has 2 aromatic carbocycles. The second kappa shape index (κ2) is 9.61. The molecule has 1 fully saturated rings. The number of aromatic hydroxyl groups is 1. The Morgan fingerprint density at radius 3 is 2.58 bits per heavy atom. The molecule has 0 aliphatic carbocycles. The van der Waals surface area contributed by atoms with Gasteiger partial charge in [0.1, 0.15) is 35.2 Å². The van der Waals surface area contributed by atoms with E-state index in [9.17, 15) is 19.1 Å². The van der Waals surface area contributed by atoms with Gasteiger partial charge in [0.25, 0.3) is 0 Å². The summed E-state index contributed by atoms with van der Waals surface area (Å²) >= 11 is 0. The molecule has 0 spiro atoms. The Labute approximate surface area is 210 Å². The molecule has 0 saturated carbocycles. The summed E-state index contributed by atoms with van der Waals surface area (Å²) in [6, 6.07) is 7.82. The van der Waals surface area contributed by atoms with Crippen molar-refractivity contribution in [3.8, 4) is 17.2 Å². The minimum absolute atomic E-state index is 0.0421. The van der Waals surface area contributed by atoms with Gasteiger partial charge in [-0.05, 0) is 32.9 Å². The summed E-state index contributed by atoms with van der Waals surface area (Å²) in [5.74, 6) is -0.745. The summed E-state index contributed by atoms with van der Waals surface area (Å²) in [6.07, 6.45) is -0.162. The summed E-state index contributed by atoms with van der Waals surface area (Å²) in [6.45, 7) is 7.24. The zero-order valence-electron chi connectivity index (χ0n) is 21.4. The number of benzene rings is 2. The van der Waals surface area contributed by atoms with Crippen LogP contribution >= 0.6 is 0 Å². The van der Waals surface area contributed by atoms with Gasteiger partial charge in [0.05, 0.1) is 18.6 Å². The molecule has 1 N–H and O–H groups in total. The van der Waals surface area contributed by atoms with Crippen LogP contribution in [0.15, 0.2) is 30.3 Å². The van der Waals surface area contributed by atoms with Crippen molar-refractivity contribution in [2.45, 2.75) is 32.8 Å². The van der Waals surface area contributed by atoms with Gasteiger partial charge in [-0.15, -0.1) is 0 Å². The van der Waals surface area contributed by atoms with E-state index in [-0.39, 0.29) is 36.0 Å². The van der Waals surface area contributed by atoms with Crippen molar-refractivity contribution >= 4 is 17.4 Å². The maximum Gasteiger partial charge on any atom is 0.223 e. The van der Waals surface area contributed by atoms with Crippen molar-refractivity contribution in [3.05, 3.63) is 47.3 Å². The summed E-state index contributed by atoms with van der Waals surface area (Å²) in [4.78, 5) is 30.3. The first-order chi connectivity index (χ1) is 17.0. The highest BCUT2D eigenvalue weighted by atomic mass is 19.1. The molecule has 1 saturated heterocycles. The molecule has 2 heterocycles. The Kier molecular flexibility index (Phi) is 6.88. The number of halogens is 1. The first-order valence-corrected chi connectivity index (χ1v) is 12.0. The number of hydrogen-bond acceptors (Lipinski definition) is 7. The van der Waals surface area contributed by atoms with Crippen molar-refractivity contribution in [1.29, 1.82) is 0 Å². The Morgan fingerprint density at radius 2 is 1.92 bits per heavy atom. The Hall–Kier alpha value is -3.33. The smallest absolute Gasteiger partial charge is 0.223 e. The van der Waals surface area contributed by atoms with Crippen LogP contribution in [0.1, 0.15) is 36.2 Å². The van der Waals surface area contributed by atoms with E-state index in [2.05, 4.69) is 0 Å². The molecule has 1 amide bonds. The number of ketones is 1. The van der Waals surface area contributed by atoms with Crippen molar-refractivity contribution < 1.29 is 33.3 Å². The molecule has 0 radical (unpaired) electrons. The number of nitrogens with zero attached hydrogens (tertiary/aromatic N) is 2. The van der Waals surface area contributed by atoms with E-state index in [0.29, 0.717) is 43.3 Å². The molecule has 2 aliphatic rings. The molecule has 0 bridgehead atoms. The van der Waals surface area contributed by atoms with Crippen molar-refractivity contribution in [3.63, 3.8) is 0 Å². The lowest BCUT2D eigenvalue weighted by Crippen LogP contribution is -2.60. The van der Waals surface area contributed by atoms with Gasteiger partial charge < -0.3 is 29.1 Å². The fourth-order valence-electron chi connectivity index (χ4n) is 4.65. The van der Waals surface area contributed by atoms with Gasteiger partial charge in [-0.3, -0.25) is 9.59 Å². The topological polar surface area (TPSA) is 88.5 Å². The number of amides is 1. The van der Waals surface area contributed by atoms with Crippen LogP contribution in [-0.2, 0) is 9.53 Å². The van der Waals surface area contributed by atoms with Crippen LogP contribution in [0.25, 0.3) is 0 Å². The molecular weight excluding hydrogens is 467 g/mol. The Bertz CT molecular complexity index is 1180. The quantitative estimate of drug-likeness (QED) is 0.649. The summed E-state index contributed by atoms with van der Waals surface area (Å²) in [5, 5.41) is 10.9. The van der Waals surface area contributed by atoms with Gasteiger partial charge >= 0.3 is 0 Å². The number of phenols is 1. The lowest BCUT2D eigenvalue weighted by molar-refractivity contribution is -0.135. The first-order valence-electron chi connectivity index (χ1n) is 12.0. The monoisotopic (exact) mass is 500 g/mol. The zero-order chi connectivity index (χ0) is 26.3. The minimum Gasteiger partial charge on any atom is -0.507 e. The number of rotatable bonds is 6. The summed E-state index contributed by atoms with van der Waals surface area (Å²) in [7, 11) is 3.23. The lowest BCUT2D eigenvalue weighted by atomic mass is 9.65. The van der Waals surface area contributed by atoms with E-state index in [4.69, 9.17) is 14.2 Å². The fraction of sp³-hybridized carbons (Fsp3) is 0.481. The molecule has 2 atom stereocenters. The predicted molar refractivity (Wildman–Crippen MR) is 133 cm³/mol. The van der Waals surface area contributed by atoms with Gasteiger partial charge in [-0.2, -0.15) is 0 Å². The highest BCUT2D eigenvalue weighted by Gasteiger charge is 2.58. The van der Waals surface area contributed by atoms with Crippen molar-refractivity contribution in [1.82, 2.24) is 4.90 Å². The minimum atomic E-state index is -1.37. The second-order valence-electron chi connectivity index (χ2n) is 10.0. The third-order valence-corrected chi connectivity index (χ3v) is 7.40. The molecule has 8 nitrogen and oxygen atoms in total. The van der Waals surface area contributed by atoms with Crippen LogP contribution in [0, 0.1) is 18.2 Å². The van der Waals surface area contributed by atoms with E-state index in [1.54, 1.807) is 59.1 Å². The molecule has 0 aromatic heterocycles. The van der Waals surface area contributed by atoms with Crippen LogP contribution in [0.4, 0.5) is 10.1 Å². The average Bonchev–Trinajstić information content (AvgIpc) is 2.84. The highest BCUT2D eigenvalue weighted by molar-refractivity contribution is 6.08. The third-order valence-electron chi connectivity index (χ3n) is 7.40. The SMILES string of the molecule is Cc1c(F)cccc1OCC1(C)Oc2cc(N3CCOCC3)cc(O)c2C(=O)C1(C)CC(=O)N(C)C. The predicted octanol–water partition coefficient (Wildman–Crippen LogP) is 3.57. The molecule has 194 valence electrons.